The van der Waals surface area contributed by atoms with Crippen LogP contribution in [0.15, 0.2) is 30.5 Å². The van der Waals surface area contributed by atoms with Gasteiger partial charge in [-0.05, 0) is 31.4 Å². The quantitative estimate of drug-likeness (QED) is 0.816. The van der Waals surface area contributed by atoms with Crippen LogP contribution >= 0.6 is 11.6 Å². The van der Waals surface area contributed by atoms with Gasteiger partial charge in [-0.15, -0.1) is 5.10 Å². The van der Waals surface area contributed by atoms with Crippen molar-refractivity contribution in [1.29, 1.82) is 0 Å². The van der Waals surface area contributed by atoms with Crippen molar-refractivity contribution in [3.05, 3.63) is 46.7 Å². The summed E-state index contributed by atoms with van der Waals surface area (Å²) in [4.78, 5) is 0. The number of hydrogen-bond acceptors (Lipinski definition) is 2. The highest BCUT2D eigenvalue weighted by Gasteiger charge is 2.02. The Hall–Kier alpha value is -1.35. The van der Waals surface area contributed by atoms with Gasteiger partial charge in [0.15, 0.2) is 0 Å². The zero-order valence-corrected chi connectivity index (χ0v) is 9.98. The van der Waals surface area contributed by atoms with Crippen LogP contribution in [0.3, 0.4) is 0 Å². The molecule has 0 aliphatic heterocycles. The maximum absolute atomic E-state index is 6.08. The van der Waals surface area contributed by atoms with Gasteiger partial charge in [-0.25, -0.2) is 0 Å². The zero-order chi connectivity index (χ0) is 11.4. The summed E-state index contributed by atoms with van der Waals surface area (Å²) in [7, 11) is 0. The molecule has 84 valence electrons. The molecule has 0 radical (unpaired) electrons. The average Bonchev–Trinajstić information content (AvgIpc) is 2.76. The highest BCUT2D eigenvalue weighted by molar-refractivity contribution is 6.31. The molecule has 3 nitrogen and oxygen atoms in total. The minimum atomic E-state index is 0.824. The smallest absolute Gasteiger partial charge is 0.0830 e. The third-order valence-corrected chi connectivity index (χ3v) is 2.89. The third-order valence-electron chi connectivity index (χ3n) is 2.52. The van der Waals surface area contributed by atoms with Crippen molar-refractivity contribution in [3.8, 4) is 0 Å². The van der Waals surface area contributed by atoms with Gasteiger partial charge >= 0.3 is 0 Å². The van der Waals surface area contributed by atoms with Crippen molar-refractivity contribution in [2.75, 3.05) is 0 Å². The zero-order valence-electron chi connectivity index (χ0n) is 9.23. The molecule has 0 spiro atoms. The topological polar surface area (TPSA) is 30.7 Å². The van der Waals surface area contributed by atoms with Crippen LogP contribution in [-0.2, 0) is 19.4 Å². The summed E-state index contributed by atoms with van der Waals surface area (Å²) in [6.45, 7) is 2.91. The Morgan fingerprint density at radius 2 is 2.06 bits per heavy atom. The molecular weight excluding hydrogens is 222 g/mol. The Bertz CT molecular complexity index is 465. The summed E-state index contributed by atoms with van der Waals surface area (Å²) in [5.74, 6) is 0. The standard InChI is InChI=1S/C12H14ClN3/c1-2-16-9-11(14-15-16)8-7-10-5-3-4-6-12(10)13/h3-6,9H,2,7-8H2,1H3. The van der Waals surface area contributed by atoms with Gasteiger partial charge in [0.1, 0.15) is 0 Å². The summed E-state index contributed by atoms with van der Waals surface area (Å²) >= 11 is 6.08. The highest BCUT2D eigenvalue weighted by atomic mass is 35.5. The molecule has 0 saturated heterocycles. The van der Waals surface area contributed by atoms with E-state index in [1.807, 2.05) is 42.1 Å². The minimum Gasteiger partial charge on any atom is -0.253 e. The van der Waals surface area contributed by atoms with E-state index in [-0.39, 0.29) is 0 Å². The largest absolute Gasteiger partial charge is 0.253 e. The van der Waals surface area contributed by atoms with E-state index >= 15 is 0 Å². The first kappa shape index (κ1) is 11.1. The molecule has 0 N–H and O–H groups in total. The molecule has 0 aliphatic rings. The Labute approximate surface area is 100 Å². The lowest BCUT2D eigenvalue weighted by atomic mass is 10.1. The van der Waals surface area contributed by atoms with Crippen molar-refractivity contribution in [2.45, 2.75) is 26.3 Å². The molecule has 0 unspecified atom stereocenters. The first-order valence-corrected chi connectivity index (χ1v) is 5.80. The first-order chi connectivity index (χ1) is 7.79. The van der Waals surface area contributed by atoms with Crippen LogP contribution in [0.5, 0.6) is 0 Å². The lowest BCUT2D eigenvalue weighted by Gasteiger charge is -2.01. The molecule has 1 aromatic carbocycles. The molecule has 2 rings (SSSR count). The van der Waals surface area contributed by atoms with Crippen LogP contribution in [0.4, 0.5) is 0 Å². The normalized spacial score (nSPS) is 10.6. The number of hydrogen-bond donors (Lipinski definition) is 0. The molecule has 0 atom stereocenters. The van der Waals surface area contributed by atoms with Crippen molar-refractivity contribution >= 4 is 11.6 Å². The maximum atomic E-state index is 6.08. The molecule has 1 aromatic heterocycles. The van der Waals surface area contributed by atoms with Crippen LogP contribution in [-0.4, -0.2) is 15.0 Å². The Morgan fingerprint density at radius 3 is 2.75 bits per heavy atom. The summed E-state index contributed by atoms with van der Waals surface area (Å²) in [5.41, 5.74) is 2.18. The van der Waals surface area contributed by atoms with Crippen LogP contribution in [0, 0.1) is 0 Å². The molecule has 0 aliphatic carbocycles. The first-order valence-electron chi connectivity index (χ1n) is 5.42. The minimum absolute atomic E-state index is 0.824. The van der Waals surface area contributed by atoms with Gasteiger partial charge in [-0.1, -0.05) is 35.0 Å². The Kier molecular flexibility index (Phi) is 3.57. The monoisotopic (exact) mass is 235 g/mol. The second kappa shape index (κ2) is 5.12. The van der Waals surface area contributed by atoms with Crippen LogP contribution in [0.25, 0.3) is 0 Å². The fourth-order valence-electron chi connectivity index (χ4n) is 1.57. The second-order valence-corrected chi connectivity index (χ2v) is 4.06. The number of nitrogens with zero attached hydrogens (tertiary/aromatic N) is 3. The number of benzene rings is 1. The number of halogens is 1. The van der Waals surface area contributed by atoms with E-state index in [4.69, 9.17) is 11.6 Å². The van der Waals surface area contributed by atoms with Gasteiger partial charge in [0, 0.05) is 17.8 Å². The van der Waals surface area contributed by atoms with Crippen LogP contribution < -0.4 is 0 Å². The third kappa shape index (κ3) is 2.61. The molecule has 0 bridgehead atoms. The second-order valence-electron chi connectivity index (χ2n) is 3.66. The van der Waals surface area contributed by atoms with Gasteiger partial charge in [-0.2, -0.15) is 0 Å². The van der Waals surface area contributed by atoms with E-state index in [1.54, 1.807) is 0 Å². The van der Waals surface area contributed by atoms with E-state index in [1.165, 1.54) is 0 Å². The van der Waals surface area contributed by atoms with Gasteiger partial charge < -0.3 is 0 Å². The summed E-state index contributed by atoms with van der Waals surface area (Å²) in [6, 6.07) is 7.91. The highest BCUT2D eigenvalue weighted by Crippen LogP contribution is 2.16. The lowest BCUT2D eigenvalue weighted by molar-refractivity contribution is 0.626. The number of aromatic nitrogens is 3. The molecule has 0 saturated carbocycles. The van der Waals surface area contributed by atoms with Gasteiger partial charge in [0.25, 0.3) is 0 Å². The fourth-order valence-corrected chi connectivity index (χ4v) is 1.80. The summed E-state index contributed by atoms with van der Waals surface area (Å²) in [6.07, 6.45) is 3.77. The van der Waals surface area contributed by atoms with Gasteiger partial charge in [-0.3, -0.25) is 4.68 Å². The van der Waals surface area contributed by atoms with E-state index in [0.29, 0.717) is 0 Å². The van der Waals surface area contributed by atoms with E-state index in [2.05, 4.69) is 10.3 Å². The molecule has 0 fully saturated rings. The van der Waals surface area contributed by atoms with Crippen molar-refractivity contribution < 1.29 is 0 Å². The average molecular weight is 236 g/mol. The SMILES string of the molecule is CCn1cc(CCc2ccccc2Cl)nn1. The molecule has 2 aromatic rings. The summed E-state index contributed by atoms with van der Waals surface area (Å²) in [5, 5.41) is 8.93. The van der Waals surface area contributed by atoms with Gasteiger partial charge in [0.2, 0.25) is 0 Å². The van der Waals surface area contributed by atoms with Crippen LogP contribution in [0.1, 0.15) is 18.2 Å². The van der Waals surface area contributed by atoms with Gasteiger partial charge in [0.05, 0.1) is 5.69 Å². The lowest BCUT2D eigenvalue weighted by Crippen LogP contribution is -1.93. The molecule has 16 heavy (non-hydrogen) atoms. The molecular formula is C12H14ClN3. The van der Waals surface area contributed by atoms with Crippen molar-refractivity contribution in [1.82, 2.24) is 15.0 Å². The van der Waals surface area contributed by atoms with E-state index in [9.17, 15) is 0 Å². The Balaban J connectivity index is 1.99. The van der Waals surface area contributed by atoms with E-state index < -0.39 is 0 Å². The number of rotatable bonds is 4. The Morgan fingerprint density at radius 1 is 1.25 bits per heavy atom. The molecule has 4 heteroatoms. The predicted octanol–water partition coefficient (Wildman–Crippen LogP) is 2.74. The molecule has 1 heterocycles. The maximum Gasteiger partial charge on any atom is 0.0830 e. The van der Waals surface area contributed by atoms with E-state index in [0.717, 1.165) is 35.7 Å². The van der Waals surface area contributed by atoms with Crippen molar-refractivity contribution in [2.24, 2.45) is 0 Å². The van der Waals surface area contributed by atoms with Crippen LogP contribution in [0.2, 0.25) is 5.02 Å². The number of aryl methyl sites for hydroxylation is 3. The fraction of sp³-hybridized carbons (Fsp3) is 0.333. The van der Waals surface area contributed by atoms with Crippen molar-refractivity contribution in [3.63, 3.8) is 0 Å². The summed E-state index contributed by atoms with van der Waals surface area (Å²) < 4.78 is 1.84. The predicted molar refractivity (Wildman–Crippen MR) is 64.6 cm³/mol. The molecule has 0 amide bonds.